The molecular formula is C19H16FNO. The zero-order valence-corrected chi connectivity index (χ0v) is 12.0. The standard InChI is InChI=1S/C19H16FNO/c20-14-6-3-4-12(10-14)8-9-17(22)21-19-16-11-13-5-1-2-7-15(13)18(16)19/h1-10,16,18-19H,11H2,(H,21,22)/b9-8+/t16-,18+,19+/m0/s1. The lowest BCUT2D eigenvalue weighted by atomic mass is 10.1. The van der Waals surface area contributed by atoms with Gasteiger partial charge in [0.05, 0.1) is 0 Å². The van der Waals surface area contributed by atoms with Crippen LogP contribution in [0, 0.1) is 11.7 Å². The quantitative estimate of drug-likeness (QED) is 0.864. The molecular weight excluding hydrogens is 277 g/mol. The van der Waals surface area contributed by atoms with Crippen LogP contribution in [0.2, 0.25) is 0 Å². The molecule has 0 heterocycles. The number of hydrogen-bond donors (Lipinski definition) is 1. The summed E-state index contributed by atoms with van der Waals surface area (Å²) in [4.78, 5) is 12.0. The van der Waals surface area contributed by atoms with Crippen molar-refractivity contribution in [2.75, 3.05) is 0 Å². The van der Waals surface area contributed by atoms with Crippen LogP contribution < -0.4 is 5.32 Å². The fourth-order valence-electron chi connectivity index (χ4n) is 3.54. The Bertz CT molecular complexity index is 768. The second kappa shape index (κ2) is 5.09. The third-order valence-electron chi connectivity index (χ3n) is 4.62. The van der Waals surface area contributed by atoms with E-state index in [-0.39, 0.29) is 17.8 Å². The minimum atomic E-state index is -0.295. The van der Waals surface area contributed by atoms with E-state index in [1.54, 1.807) is 18.2 Å². The van der Waals surface area contributed by atoms with Gasteiger partial charge in [0.2, 0.25) is 5.91 Å². The molecule has 110 valence electrons. The lowest BCUT2D eigenvalue weighted by Crippen LogP contribution is -2.26. The predicted octanol–water partition coefficient (Wildman–Crippen LogP) is 3.29. The summed E-state index contributed by atoms with van der Waals surface area (Å²) in [6.07, 6.45) is 4.18. The van der Waals surface area contributed by atoms with Crippen molar-refractivity contribution in [2.45, 2.75) is 18.4 Å². The number of amides is 1. The van der Waals surface area contributed by atoms with Crippen LogP contribution in [0.3, 0.4) is 0 Å². The monoisotopic (exact) mass is 293 g/mol. The molecule has 3 heteroatoms. The van der Waals surface area contributed by atoms with Crippen molar-refractivity contribution >= 4 is 12.0 Å². The maximum absolute atomic E-state index is 13.1. The van der Waals surface area contributed by atoms with Gasteiger partial charge < -0.3 is 5.32 Å². The van der Waals surface area contributed by atoms with Gasteiger partial charge >= 0.3 is 0 Å². The Labute approximate surface area is 128 Å². The summed E-state index contributed by atoms with van der Waals surface area (Å²) in [6.45, 7) is 0. The number of nitrogens with one attached hydrogen (secondary N) is 1. The van der Waals surface area contributed by atoms with Crippen molar-refractivity contribution in [3.63, 3.8) is 0 Å². The Morgan fingerprint density at radius 1 is 1.18 bits per heavy atom. The molecule has 0 bridgehead atoms. The number of carbonyl (C=O) groups is 1. The molecule has 1 fully saturated rings. The Kier molecular flexibility index (Phi) is 3.07. The van der Waals surface area contributed by atoms with E-state index in [1.165, 1.54) is 29.3 Å². The van der Waals surface area contributed by atoms with Gasteiger partial charge in [-0.1, -0.05) is 36.4 Å². The second-order valence-electron chi connectivity index (χ2n) is 6.02. The Balaban J connectivity index is 1.39. The Morgan fingerprint density at radius 3 is 2.91 bits per heavy atom. The number of benzene rings is 2. The van der Waals surface area contributed by atoms with Crippen LogP contribution in [0.25, 0.3) is 6.08 Å². The van der Waals surface area contributed by atoms with E-state index in [4.69, 9.17) is 0 Å². The largest absolute Gasteiger partial charge is 0.349 e. The van der Waals surface area contributed by atoms with Gasteiger partial charge in [-0.25, -0.2) is 4.39 Å². The summed E-state index contributed by atoms with van der Waals surface area (Å²) < 4.78 is 13.1. The van der Waals surface area contributed by atoms with Gasteiger partial charge in [-0.2, -0.15) is 0 Å². The third-order valence-corrected chi connectivity index (χ3v) is 4.62. The van der Waals surface area contributed by atoms with Crippen molar-refractivity contribution < 1.29 is 9.18 Å². The fraction of sp³-hybridized carbons (Fsp3) is 0.211. The Morgan fingerprint density at radius 2 is 2.05 bits per heavy atom. The van der Waals surface area contributed by atoms with Crippen molar-refractivity contribution in [1.82, 2.24) is 5.32 Å². The molecule has 2 aromatic rings. The average molecular weight is 293 g/mol. The van der Waals surface area contributed by atoms with Crippen LogP contribution in [0.15, 0.2) is 54.6 Å². The minimum Gasteiger partial charge on any atom is -0.349 e. The van der Waals surface area contributed by atoms with Crippen molar-refractivity contribution in [3.05, 3.63) is 77.1 Å². The Hall–Kier alpha value is -2.42. The van der Waals surface area contributed by atoms with E-state index < -0.39 is 0 Å². The van der Waals surface area contributed by atoms with Crippen LogP contribution in [0.1, 0.15) is 22.6 Å². The SMILES string of the molecule is O=C(/C=C/c1cccc(F)c1)N[C@@H]1[C@H]2Cc3ccccc3[C@H]21. The molecule has 4 rings (SSSR count). The molecule has 0 aromatic heterocycles. The molecule has 2 aliphatic carbocycles. The fourth-order valence-corrected chi connectivity index (χ4v) is 3.54. The molecule has 0 radical (unpaired) electrons. The van der Waals surface area contributed by atoms with Gasteiger partial charge in [-0.3, -0.25) is 4.79 Å². The molecule has 3 atom stereocenters. The van der Waals surface area contributed by atoms with Gasteiger partial charge in [0.15, 0.2) is 0 Å². The van der Waals surface area contributed by atoms with Crippen molar-refractivity contribution in [2.24, 2.45) is 5.92 Å². The molecule has 1 saturated carbocycles. The van der Waals surface area contributed by atoms with Gasteiger partial charge in [0.1, 0.15) is 5.82 Å². The van der Waals surface area contributed by atoms with Crippen LogP contribution in [-0.4, -0.2) is 11.9 Å². The smallest absolute Gasteiger partial charge is 0.244 e. The van der Waals surface area contributed by atoms with Crippen LogP contribution in [-0.2, 0) is 11.2 Å². The number of rotatable bonds is 3. The first-order valence-corrected chi connectivity index (χ1v) is 7.54. The molecule has 1 N–H and O–H groups in total. The summed E-state index contributed by atoms with van der Waals surface area (Å²) in [5, 5.41) is 3.06. The summed E-state index contributed by atoms with van der Waals surface area (Å²) >= 11 is 0. The lowest BCUT2D eigenvalue weighted by Gasteiger charge is -2.07. The van der Waals surface area contributed by atoms with Crippen LogP contribution >= 0.6 is 0 Å². The van der Waals surface area contributed by atoms with Gasteiger partial charge in [0, 0.05) is 18.0 Å². The maximum atomic E-state index is 13.1. The molecule has 2 nitrogen and oxygen atoms in total. The molecule has 0 spiro atoms. The van der Waals surface area contributed by atoms with E-state index in [1.807, 2.05) is 0 Å². The molecule has 2 aliphatic rings. The van der Waals surface area contributed by atoms with Gasteiger partial charge in [-0.15, -0.1) is 0 Å². The van der Waals surface area contributed by atoms with Gasteiger partial charge in [-0.05, 0) is 47.2 Å². The average Bonchev–Trinajstić information content (AvgIpc) is 3.03. The number of halogens is 1. The highest BCUT2D eigenvalue weighted by atomic mass is 19.1. The lowest BCUT2D eigenvalue weighted by molar-refractivity contribution is -0.116. The van der Waals surface area contributed by atoms with E-state index >= 15 is 0 Å². The number of carbonyl (C=O) groups excluding carboxylic acids is 1. The first-order chi connectivity index (χ1) is 10.7. The van der Waals surface area contributed by atoms with E-state index in [0.29, 0.717) is 17.4 Å². The zero-order valence-electron chi connectivity index (χ0n) is 12.0. The van der Waals surface area contributed by atoms with Crippen molar-refractivity contribution in [3.8, 4) is 0 Å². The van der Waals surface area contributed by atoms with E-state index in [9.17, 15) is 9.18 Å². The molecule has 0 unspecified atom stereocenters. The van der Waals surface area contributed by atoms with E-state index in [0.717, 1.165) is 6.42 Å². The highest BCUT2D eigenvalue weighted by Gasteiger charge is 2.55. The first-order valence-electron chi connectivity index (χ1n) is 7.54. The normalized spacial score (nSPS) is 24.9. The maximum Gasteiger partial charge on any atom is 0.244 e. The molecule has 2 aromatic carbocycles. The predicted molar refractivity (Wildman–Crippen MR) is 83.7 cm³/mol. The summed E-state index contributed by atoms with van der Waals surface area (Å²) in [5.74, 6) is 0.615. The summed E-state index contributed by atoms with van der Waals surface area (Å²) in [5.41, 5.74) is 3.49. The highest BCUT2D eigenvalue weighted by molar-refractivity contribution is 5.92. The summed E-state index contributed by atoms with van der Waals surface area (Å²) in [7, 11) is 0. The highest BCUT2D eigenvalue weighted by Crippen LogP contribution is 2.56. The molecule has 22 heavy (non-hydrogen) atoms. The van der Waals surface area contributed by atoms with Gasteiger partial charge in [0.25, 0.3) is 0 Å². The molecule has 0 aliphatic heterocycles. The van der Waals surface area contributed by atoms with Crippen molar-refractivity contribution in [1.29, 1.82) is 0 Å². The number of hydrogen-bond acceptors (Lipinski definition) is 1. The zero-order chi connectivity index (χ0) is 15.1. The number of fused-ring (bicyclic) bond motifs is 3. The first kappa shape index (κ1) is 13.3. The van der Waals surface area contributed by atoms with Crippen LogP contribution in [0.5, 0.6) is 0 Å². The third kappa shape index (κ3) is 2.33. The second-order valence-corrected chi connectivity index (χ2v) is 6.02. The minimum absolute atomic E-state index is 0.110. The molecule has 0 saturated heterocycles. The topological polar surface area (TPSA) is 29.1 Å². The summed E-state index contributed by atoms with van der Waals surface area (Å²) in [6, 6.07) is 14.9. The van der Waals surface area contributed by atoms with Crippen LogP contribution in [0.4, 0.5) is 4.39 Å². The molecule has 1 amide bonds. The van der Waals surface area contributed by atoms with E-state index in [2.05, 4.69) is 29.6 Å².